The molecule has 4 heteroatoms. The second-order valence-electron chi connectivity index (χ2n) is 7.40. The van der Waals surface area contributed by atoms with E-state index in [1.807, 2.05) is 18.3 Å². The number of carbonyl (C=O) groups is 1. The first-order valence-corrected chi connectivity index (χ1v) is 7.68. The molecule has 2 fully saturated rings. The van der Waals surface area contributed by atoms with Crippen molar-refractivity contribution in [1.29, 1.82) is 0 Å². The smallest absolute Gasteiger partial charge is 0.229 e. The van der Waals surface area contributed by atoms with E-state index in [9.17, 15) is 4.79 Å². The van der Waals surface area contributed by atoms with Gasteiger partial charge in [-0.25, -0.2) is 4.98 Å². The Kier molecular flexibility index (Phi) is 3.32. The molecule has 1 N–H and O–H groups in total. The van der Waals surface area contributed by atoms with E-state index in [4.69, 9.17) is 4.74 Å². The largest absolute Gasteiger partial charge is 0.381 e. The molecule has 3 rings (SSSR count). The number of rotatable bonds is 3. The van der Waals surface area contributed by atoms with Crippen LogP contribution in [0.15, 0.2) is 18.3 Å². The summed E-state index contributed by atoms with van der Waals surface area (Å²) in [5, 5.41) is 2.95. The van der Waals surface area contributed by atoms with E-state index in [2.05, 4.69) is 38.0 Å². The molecule has 1 aromatic rings. The fraction of sp³-hybridized carbons (Fsp3) is 0.647. The molecule has 1 amide bonds. The van der Waals surface area contributed by atoms with Crippen molar-refractivity contribution in [1.82, 2.24) is 4.98 Å². The molecule has 2 heterocycles. The lowest BCUT2D eigenvalue weighted by atomic mass is 10.0. The molecule has 1 atom stereocenters. The van der Waals surface area contributed by atoms with E-state index < -0.39 is 0 Å². The van der Waals surface area contributed by atoms with E-state index in [1.54, 1.807) is 0 Å². The van der Waals surface area contributed by atoms with Crippen molar-refractivity contribution >= 4 is 11.7 Å². The Hall–Kier alpha value is -1.42. The summed E-state index contributed by atoms with van der Waals surface area (Å²) < 4.78 is 5.39. The highest BCUT2D eigenvalue weighted by Crippen LogP contribution is 2.68. The molecule has 0 bridgehead atoms. The highest BCUT2D eigenvalue weighted by Gasteiger charge is 2.68. The molecule has 1 aromatic heterocycles. The van der Waals surface area contributed by atoms with Gasteiger partial charge in [-0.05, 0) is 28.9 Å². The Bertz CT molecular complexity index is 528. The second-order valence-corrected chi connectivity index (χ2v) is 7.40. The van der Waals surface area contributed by atoms with Gasteiger partial charge in [-0.3, -0.25) is 4.79 Å². The number of anilines is 1. The van der Waals surface area contributed by atoms with Gasteiger partial charge in [-0.2, -0.15) is 0 Å². The quantitative estimate of drug-likeness (QED) is 0.929. The first kappa shape index (κ1) is 14.5. The van der Waals surface area contributed by atoms with Crippen LogP contribution in [0.1, 0.15) is 45.6 Å². The first-order valence-electron chi connectivity index (χ1n) is 7.68. The minimum absolute atomic E-state index is 0.0507. The molecule has 1 saturated carbocycles. The van der Waals surface area contributed by atoms with Crippen molar-refractivity contribution in [3.8, 4) is 0 Å². The summed E-state index contributed by atoms with van der Waals surface area (Å²) in [5.74, 6) is 1.22. The van der Waals surface area contributed by atoms with Crippen LogP contribution in [0.5, 0.6) is 0 Å². The van der Waals surface area contributed by atoms with Gasteiger partial charge in [0.15, 0.2) is 0 Å². The molecule has 1 aliphatic heterocycles. The lowest BCUT2D eigenvalue weighted by molar-refractivity contribution is -0.118. The minimum Gasteiger partial charge on any atom is -0.381 e. The first-order chi connectivity index (χ1) is 9.84. The average Bonchev–Trinajstić information content (AvgIpc) is 2.80. The van der Waals surface area contributed by atoms with Crippen molar-refractivity contribution in [2.75, 3.05) is 18.5 Å². The van der Waals surface area contributed by atoms with Crippen molar-refractivity contribution in [2.45, 2.75) is 40.0 Å². The van der Waals surface area contributed by atoms with Gasteiger partial charge in [0.1, 0.15) is 5.82 Å². The highest BCUT2D eigenvalue weighted by molar-refractivity contribution is 5.95. The Labute approximate surface area is 126 Å². The summed E-state index contributed by atoms with van der Waals surface area (Å²) in [7, 11) is 0. The van der Waals surface area contributed by atoms with Gasteiger partial charge >= 0.3 is 0 Å². The third-order valence-electron chi connectivity index (χ3n) is 5.72. The van der Waals surface area contributed by atoms with Crippen LogP contribution in [0, 0.1) is 16.7 Å². The number of hydrogen-bond acceptors (Lipinski definition) is 3. The molecule has 4 nitrogen and oxygen atoms in total. The van der Waals surface area contributed by atoms with E-state index in [0.717, 1.165) is 19.6 Å². The Balaban J connectivity index is 1.65. The van der Waals surface area contributed by atoms with Gasteiger partial charge in [0.25, 0.3) is 0 Å². The summed E-state index contributed by atoms with van der Waals surface area (Å²) in [4.78, 5) is 16.8. The number of amides is 1. The summed E-state index contributed by atoms with van der Waals surface area (Å²) in [5.41, 5.74) is 1.30. The maximum Gasteiger partial charge on any atom is 0.229 e. The number of hydrogen-bond donors (Lipinski definition) is 1. The molecule has 114 valence electrons. The standard InChI is InChI=1S/C17H24N2O2/c1-16(2)14(17(16,3)4)15(20)19-13-6-5-11(9-18-13)12-7-8-21-10-12/h5-6,9,12,14H,7-8,10H2,1-4H3,(H,18,19,20). The number of nitrogens with zero attached hydrogens (tertiary/aromatic N) is 1. The predicted molar refractivity (Wildman–Crippen MR) is 82.1 cm³/mol. The molecule has 0 spiro atoms. The third-order valence-corrected chi connectivity index (χ3v) is 5.72. The molecule has 21 heavy (non-hydrogen) atoms. The topological polar surface area (TPSA) is 51.2 Å². The van der Waals surface area contributed by atoms with E-state index in [0.29, 0.717) is 11.7 Å². The monoisotopic (exact) mass is 288 g/mol. The van der Waals surface area contributed by atoms with Gasteiger partial charge in [0, 0.05) is 24.6 Å². The molecular weight excluding hydrogens is 264 g/mol. The lowest BCUT2D eigenvalue weighted by Crippen LogP contribution is -2.18. The Morgan fingerprint density at radius 2 is 2.00 bits per heavy atom. The van der Waals surface area contributed by atoms with E-state index >= 15 is 0 Å². The van der Waals surface area contributed by atoms with Gasteiger partial charge in [-0.1, -0.05) is 33.8 Å². The molecule has 1 aliphatic carbocycles. The van der Waals surface area contributed by atoms with Gasteiger partial charge in [-0.15, -0.1) is 0 Å². The maximum atomic E-state index is 12.4. The highest BCUT2D eigenvalue weighted by atomic mass is 16.5. The number of nitrogens with one attached hydrogen (secondary N) is 1. The predicted octanol–water partition coefficient (Wildman–Crippen LogP) is 3.21. The summed E-state index contributed by atoms with van der Waals surface area (Å²) >= 11 is 0. The number of ether oxygens (including phenoxy) is 1. The van der Waals surface area contributed by atoms with Gasteiger partial charge < -0.3 is 10.1 Å². The van der Waals surface area contributed by atoms with E-state index in [1.165, 1.54) is 5.56 Å². The van der Waals surface area contributed by atoms with Gasteiger partial charge in [0.05, 0.1) is 6.61 Å². The summed E-state index contributed by atoms with van der Waals surface area (Å²) in [6, 6.07) is 3.94. The van der Waals surface area contributed by atoms with Crippen molar-refractivity contribution in [3.63, 3.8) is 0 Å². The van der Waals surface area contributed by atoms with Crippen molar-refractivity contribution in [2.24, 2.45) is 16.7 Å². The van der Waals surface area contributed by atoms with Crippen LogP contribution < -0.4 is 5.32 Å². The molecule has 0 radical (unpaired) electrons. The SMILES string of the molecule is CC1(C)C(C(=O)Nc2ccc(C3CCOC3)cn2)C1(C)C. The Morgan fingerprint density at radius 1 is 1.29 bits per heavy atom. The molecule has 1 saturated heterocycles. The molecule has 2 aliphatic rings. The normalized spacial score (nSPS) is 26.6. The summed E-state index contributed by atoms with van der Waals surface area (Å²) in [6.07, 6.45) is 2.91. The third kappa shape index (κ3) is 2.35. The average molecular weight is 288 g/mol. The fourth-order valence-electron chi connectivity index (χ4n) is 3.57. The molecule has 0 aromatic carbocycles. The van der Waals surface area contributed by atoms with Crippen LogP contribution in [0.3, 0.4) is 0 Å². The van der Waals surface area contributed by atoms with Crippen LogP contribution in [0.25, 0.3) is 0 Å². The van der Waals surface area contributed by atoms with E-state index in [-0.39, 0.29) is 22.7 Å². The van der Waals surface area contributed by atoms with Crippen LogP contribution in [0.4, 0.5) is 5.82 Å². The minimum atomic E-state index is 0.0507. The zero-order chi connectivity index (χ0) is 15.3. The van der Waals surface area contributed by atoms with Crippen LogP contribution >= 0.6 is 0 Å². The summed E-state index contributed by atoms with van der Waals surface area (Å²) in [6.45, 7) is 10.2. The van der Waals surface area contributed by atoms with Crippen LogP contribution in [0.2, 0.25) is 0 Å². The number of aromatic nitrogens is 1. The Morgan fingerprint density at radius 3 is 2.48 bits per heavy atom. The van der Waals surface area contributed by atoms with Crippen molar-refractivity contribution < 1.29 is 9.53 Å². The lowest BCUT2D eigenvalue weighted by Gasteiger charge is -2.09. The number of pyridine rings is 1. The fourth-order valence-corrected chi connectivity index (χ4v) is 3.57. The zero-order valence-corrected chi connectivity index (χ0v) is 13.3. The molecule has 1 unspecified atom stereocenters. The van der Waals surface area contributed by atoms with Gasteiger partial charge in [0.2, 0.25) is 5.91 Å². The molecular formula is C17H24N2O2. The zero-order valence-electron chi connectivity index (χ0n) is 13.3. The van der Waals surface area contributed by atoms with Crippen molar-refractivity contribution in [3.05, 3.63) is 23.9 Å². The number of carbonyl (C=O) groups excluding carboxylic acids is 1. The second kappa shape index (κ2) is 4.80. The van der Waals surface area contributed by atoms with Crippen LogP contribution in [-0.2, 0) is 9.53 Å². The van der Waals surface area contributed by atoms with Crippen LogP contribution in [-0.4, -0.2) is 24.1 Å². The maximum absolute atomic E-state index is 12.4.